The lowest BCUT2D eigenvalue weighted by molar-refractivity contribution is -0.139. The van der Waals surface area contributed by atoms with Gasteiger partial charge in [0.25, 0.3) is 0 Å². The van der Waals surface area contributed by atoms with E-state index >= 15 is 0 Å². The largest absolute Gasteiger partial charge is 0.480 e. The van der Waals surface area contributed by atoms with Gasteiger partial charge in [-0.05, 0) is 0 Å². The van der Waals surface area contributed by atoms with Crippen molar-refractivity contribution in [3.8, 4) is 0 Å². The molecule has 0 aliphatic rings. The Labute approximate surface area is 59.4 Å². The van der Waals surface area contributed by atoms with Crippen molar-refractivity contribution in [1.82, 2.24) is 0 Å². The van der Waals surface area contributed by atoms with Crippen LogP contribution >= 0.6 is 12.4 Å². The van der Waals surface area contributed by atoms with Gasteiger partial charge in [0.15, 0.2) is 0 Å². The minimum atomic E-state index is -1.04. The van der Waals surface area contributed by atoms with Crippen molar-refractivity contribution in [1.29, 1.82) is 0 Å². The van der Waals surface area contributed by atoms with E-state index in [0.717, 1.165) is 0 Å². The zero-order valence-electron chi connectivity index (χ0n) is 5.03. The third kappa shape index (κ3) is 5.55. The van der Waals surface area contributed by atoms with Crippen molar-refractivity contribution < 1.29 is 14.6 Å². The van der Waals surface area contributed by atoms with E-state index in [1.807, 2.05) is 0 Å². The van der Waals surface area contributed by atoms with Crippen LogP contribution in [0.15, 0.2) is 0 Å². The summed E-state index contributed by atoms with van der Waals surface area (Å²) < 4.78 is 4.46. The van der Waals surface area contributed by atoms with Crippen molar-refractivity contribution in [3.05, 3.63) is 0 Å². The van der Waals surface area contributed by atoms with Crippen LogP contribution < -0.4 is 5.73 Å². The lowest BCUT2D eigenvalue weighted by Gasteiger charge is -2.01. The number of carbonyl (C=O) groups is 1. The van der Waals surface area contributed by atoms with Gasteiger partial charge < -0.3 is 15.6 Å². The number of hydrogen-bond donors (Lipinski definition) is 2. The molecule has 0 spiro atoms. The van der Waals surface area contributed by atoms with Gasteiger partial charge >= 0.3 is 5.97 Å². The maximum Gasteiger partial charge on any atom is 0.322 e. The predicted molar refractivity (Wildman–Crippen MR) is 34.7 cm³/mol. The number of methoxy groups -OCH3 is 1. The Hall–Kier alpha value is -0.320. The maximum atomic E-state index is 9.88. The number of aliphatic carboxylic acids is 1. The van der Waals surface area contributed by atoms with Gasteiger partial charge in [-0.1, -0.05) is 0 Å². The molecule has 0 heterocycles. The fourth-order valence-corrected chi connectivity index (χ4v) is 0.251. The summed E-state index contributed by atoms with van der Waals surface area (Å²) in [6, 6.07) is -0.889. The molecule has 0 saturated carbocycles. The van der Waals surface area contributed by atoms with Crippen LogP contribution in [-0.2, 0) is 9.53 Å². The molecule has 4 nitrogen and oxygen atoms in total. The molecule has 0 aliphatic carbocycles. The maximum absolute atomic E-state index is 9.88. The average Bonchev–Trinajstić information content (AvgIpc) is 1.67. The van der Waals surface area contributed by atoms with Crippen molar-refractivity contribution in [2.45, 2.75) is 6.04 Å². The molecule has 0 aromatic heterocycles. The van der Waals surface area contributed by atoms with E-state index in [2.05, 4.69) is 4.74 Å². The standard InChI is InChI=1S/C4H9NO3.ClH/c1-8-2-3(5)4(6)7;/h3H,2,5H2,1H3,(H,6,7);1H. The Morgan fingerprint density at radius 3 is 2.44 bits per heavy atom. The first-order valence-electron chi connectivity index (χ1n) is 2.15. The Morgan fingerprint density at radius 2 is 2.33 bits per heavy atom. The highest BCUT2D eigenvalue weighted by Gasteiger charge is 2.08. The second-order valence-electron chi connectivity index (χ2n) is 1.40. The van der Waals surface area contributed by atoms with E-state index in [9.17, 15) is 4.79 Å². The number of ether oxygens (including phenoxy) is 1. The fraction of sp³-hybridized carbons (Fsp3) is 0.750. The van der Waals surface area contributed by atoms with Crippen LogP contribution in [0.4, 0.5) is 0 Å². The Balaban J connectivity index is 0. The summed E-state index contributed by atoms with van der Waals surface area (Å²) in [5.41, 5.74) is 5.00. The van der Waals surface area contributed by atoms with Crippen molar-refractivity contribution >= 4 is 18.4 Å². The molecule has 3 N–H and O–H groups in total. The highest BCUT2D eigenvalue weighted by Crippen LogP contribution is 1.76. The summed E-state index contributed by atoms with van der Waals surface area (Å²) in [6.07, 6.45) is 0. The van der Waals surface area contributed by atoms with Gasteiger partial charge in [0.2, 0.25) is 0 Å². The zero-order chi connectivity index (χ0) is 6.57. The first kappa shape index (κ1) is 11.5. The second kappa shape index (κ2) is 5.81. The Kier molecular flexibility index (Phi) is 7.41. The number of carboxylic acids is 1. The van der Waals surface area contributed by atoms with E-state index < -0.39 is 12.0 Å². The van der Waals surface area contributed by atoms with Gasteiger partial charge in [-0.2, -0.15) is 0 Å². The molecule has 0 fully saturated rings. The van der Waals surface area contributed by atoms with Crippen LogP contribution in [0.1, 0.15) is 0 Å². The number of carboxylic acid groups (broad SMARTS) is 1. The monoisotopic (exact) mass is 155 g/mol. The number of halogens is 1. The van der Waals surface area contributed by atoms with E-state index in [4.69, 9.17) is 10.8 Å². The molecular weight excluding hydrogens is 146 g/mol. The van der Waals surface area contributed by atoms with Crippen molar-refractivity contribution in [2.24, 2.45) is 5.73 Å². The van der Waals surface area contributed by atoms with Crippen molar-refractivity contribution in [3.63, 3.8) is 0 Å². The molecular formula is C4H10ClNO3. The summed E-state index contributed by atoms with van der Waals surface area (Å²) in [5.74, 6) is -1.04. The quantitative estimate of drug-likeness (QED) is 0.575. The lowest BCUT2D eigenvalue weighted by Crippen LogP contribution is -2.34. The molecule has 0 aliphatic heterocycles. The van der Waals surface area contributed by atoms with Gasteiger partial charge in [0.1, 0.15) is 6.04 Å². The lowest BCUT2D eigenvalue weighted by atomic mass is 10.3. The average molecular weight is 156 g/mol. The van der Waals surface area contributed by atoms with E-state index in [1.165, 1.54) is 7.11 Å². The summed E-state index contributed by atoms with van der Waals surface area (Å²) in [4.78, 5) is 9.88. The van der Waals surface area contributed by atoms with Crippen molar-refractivity contribution in [2.75, 3.05) is 13.7 Å². The van der Waals surface area contributed by atoms with Crippen LogP contribution in [0.5, 0.6) is 0 Å². The fourth-order valence-electron chi connectivity index (χ4n) is 0.251. The first-order chi connectivity index (χ1) is 3.68. The molecule has 1 unspecified atom stereocenters. The number of rotatable bonds is 3. The summed E-state index contributed by atoms with van der Waals surface area (Å²) in [6.45, 7) is 0.0648. The molecule has 9 heavy (non-hydrogen) atoms. The topological polar surface area (TPSA) is 72.5 Å². The van der Waals surface area contributed by atoms with Crippen LogP contribution in [0.2, 0.25) is 0 Å². The SMILES string of the molecule is COCC(N)C(=O)O.Cl. The van der Waals surface area contributed by atoms with E-state index in [1.54, 1.807) is 0 Å². The molecule has 5 heteroatoms. The number of hydrogen-bond acceptors (Lipinski definition) is 3. The summed E-state index contributed by atoms with van der Waals surface area (Å²) in [7, 11) is 1.41. The molecule has 0 aromatic rings. The molecule has 1 atom stereocenters. The minimum absolute atomic E-state index is 0. The van der Waals surface area contributed by atoms with E-state index in [0.29, 0.717) is 0 Å². The van der Waals surface area contributed by atoms with Crippen LogP contribution in [0.25, 0.3) is 0 Å². The van der Waals surface area contributed by atoms with Gasteiger partial charge in [-0.3, -0.25) is 4.79 Å². The minimum Gasteiger partial charge on any atom is -0.480 e. The van der Waals surface area contributed by atoms with E-state index in [-0.39, 0.29) is 19.0 Å². The molecule has 0 bridgehead atoms. The third-order valence-corrected chi connectivity index (χ3v) is 0.663. The Bertz CT molecular complexity index is 87.9. The number of nitrogens with two attached hydrogens (primary N) is 1. The van der Waals surface area contributed by atoms with Crippen LogP contribution in [0.3, 0.4) is 0 Å². The zero-order valence-corrected chi connectivity index (χ0v) is 5.85. The second-order valence-corrected chi connectivity index (χ2v) is 1.40. The molecule has 0 amide bonds. The van der Waals surface area contributed by atoms with Crippen LogP contribution in [-0.4, -0.2) is 30.8 Å². The smallest absolute Gasteiger partial charge is 0.322 e. The highest BCUT2D eigenvalue weighted by molar-refractivity contribution is 5.85. The molecule has 0 aromatic carbocycles. The molecule has 56 valence electrons. The third-order valence-electron chi connectivity index (χ3n) is 0.663. The van der Waals surface area contributed by atoms with Gasteiger partial charge in [-0.25, -0.2) is 0 Å². The van der Waals surface area contributed by atoms with Gasteiger partial charge in [-0.15, -0.1) is 12.4 Å². The van der Waals surface area contributed by atoms with Gasteiger partial charge in [0, 0.05) is 7.11 Å². The summed E-state index contributed by atoms with van der Waals surface area (Å²) in [5, 5.41) is 8.11. The normalized spacial score (nSPS) is 11.8. The Morgan fingerprint density at radius 1 is 1.89 bits per heavy atom. The predicted octanol–water partition coefficient (Wildman–Crippen LogP) is -0.533. The summed E-state index contributed by atoms with van der Waals surface area (Å²) >= 11 is 0. The molecule has 0 radical (unpaired) electrons. The van der Waals surface area contributed by atoms with Crippen LogP contribution in [0, 0.1) is 0 Å². The molecule has 0 rings (SSSR count). The molecule has 0 saturated heterocycles. The first-order valence-corrected chi connectivity index (χ1v) is 2.15. The highest BCUT2D eigenvalue weighted by atomic mass is 35.5. The van der Waals surface area contributed by atoms with Gasteiger partial charge in [0.05, 0.1) is 6.61 Å².